The highest BCUT2D eigenvalue weighted by molar-refractivity contribution is 6.33. The maximum absolute atomic E-state index is 2.28. The van der Waals surface area contributed by atoms with E-state index in [2.05, 4.69) is 58.8 Å². The Labute approximate surface area is 82.2 Å². The van der Waals surface area contributed by atoms with Crippen LogP contribution in [0, 0.1) is 6.92 Å². The minimum Gasteiger partial charge on any atom is -0.372 e. The smallest absolute Gasteiger partial charge is 0.139 e. The molecule has 0 aromatic heterocycles. The second kappa shape index (κ2) is 3.86. The molecule has 0 bridgehead atoms. The van der Waals surface area contributed by atoms with Gasteiger partial charge in [-0.05, 0) is 32.9 Å². The molecule has 1 rings (SSSR count). The molecule has 0 atom stereocenters. The topological polar surface area (TPSA) is 3.24 Å². The Hall–Kier alpha value is -0.915. The molecule has 0 heterocycles. The van der Waals surface area contributed by atoms with Crippen LogP contribution in [0.3, 0.4) is 0 Å². The number of rotatable bonds is 2. The predicted molar refractivity (Wildman–Crippen MR) is 62.9 cm³/mol. The Balaban J connectivity index is 2.97. The van der Waals surface area contributed by atoms with Crippen LogP contribution < -0.4 is 10.4 Å². The number of hydrogen-bond donors (Lipinski definition) is 0. The van der Waals surface area contributed by atoms with E-state index in [-0.39, 0.29) is 0 Å². The molecule has 0 amide bonds. The lowest BCUT2D eigenvalue weighted by molar-refractivity contribution is 0.754. The van der Waals surface area contributed by atoms with Gasteiger partial charge in [0.1, 0.15) is 7.85 Å². The largest absolute Gasteiger partial charge is 0.372 e. The van der Waals surface area contributed by atoms with Gasteiger partial charge < -0.3 is 4.90 Å². The molecule has 0 saturated heterocycles. The average Bonchev–Trinajstić information content (AvgIpc) is 2.08. The van der Waals surface area contributed by atoms with Crippen molar-refractivity contribution in [2.45, 2.75) is 26.8 Å². The van der Waals surface area contributed by atoms with Crippen molar-refractivity contribution in [2.75, 3.05) is 11.9 Å². The second-order valence-corrected chi connectivity index (χ2v) is 3.97. The van der Waals surface area contributed by atoms with Gasteiger partial charge in [-0.3, -0.25) is 0 Å². The molecule has 0 spiro atoms. The highest BCUT2D eigenvalue weighted by atomic mass is 15.1. The molecule has 13 heavy (non-hydrogen) atoms. The van der Waals surface area contributed by atoms with Crippen molar-refractivity contribution in [1.29, 1.82) is 0 Å². The average molecular weight is 175 g/mol. The Bertz CT molecular complexity index is 294. The SMILES string of the molecule is Bc1ccc(N(C)C(C)C)cc1C. The van der Waals surface area contributed by atoms with Crippen molar-refractivity contribution in [3.05, 3.63) is 23.8 Å². The minimum absolute atomic E-state index is 0.558. The van der Waals surface area contributed by atoms with E-state index < -0.39 is 0 Å². The summed E-state index contributed by atoms with van der Waals surface area (Å²) in [6, 6.07) is 7.17. The van der Waals surface area contributed by atoms with Crippen LogP contribution in [0.15, 0.2) is 18.2 Å². The quantitative estimate of drug-likeness (QED) is 0.608. The van der Waals surface area contributed by atoms with Gasteiger partial charge in [0.15, 0.2) is 0 Å². The third-order valence-corrected chi connectivity index (χ3v) is 2.67. The number of hydrogen-bond acceptors (Lipinski definition) is 1. The van der Waals surface area contributed by atoms with Crippen molar-refractivity contribution in [3.63, 3.8) is 0 Å². The van der Waals surface area contributed by atoms with E-state index in [1.54, 1.807) is 0 Å². The summed E-state index contributed by atoms with van der Waals surface area (Å²) in [5, 5.41) is 0. The van der Waals surface area contributed by atoms with Gasteiger partial charge >= 0.3 is 0 Å². The molecule has 1 aromatic rings. The third-order valence-electron chi connectivity index (χ3n) is 2.67. The molecule has 0 N–H and O–H groups in total. The lowest BCUT2D eigenvalue weighted by Crippen LogP contribution is -2.26. The zero-order valence-corrected chi connectivity index (χ0v) is 9.26. The zero-order valence-electron chi connectivity index (χ0n) is 9.26. The van der Waals surface area contributed by atoms with Crippen LogP contribution in [0.2, 0.25) is 0 Å². The van der Waals surface area contributed by atoms with Gasteiger partial charge in [0.2, 0.25) is 0 Å². The highest BCUT2D eigenvalue weighted by Gasteiger charge is 2.04. The number of anilines is 1. The van der Waals surface area contributed by atoms with Crippen LogP contribution in [0.5, 0.6) is 0 Å². The first-order chi connectivity index (χ1) is 6.02. The predicted octanol–water partition coefficient (Wildman–Crippen LogP) is 1.10. The van der Waals surface area contributed by atoms with E-state index in [0.29, 0.717) is 6.04 Å². The molecule has 0 radical (unpaired) electrons. The summed E-state index contributed by atoms with van der Waals surface area (Å²) >= 11 is 0. The van der Waals surface area contributed by atoms with Crippen LogP contribution in [0.25, 0.3) is 0 Å². The Morgan fingerprint density at radius 1 is 1.31 bits per heavy atom. The van der Waals surface area contributed by atoms with Crippen LogP contribution in [-0.4, -0.2) is 20.9 Å². The summed E-state index contributed by atoms with van der Waals surface area (Å²) in [6.45, 7) is 6.57. The van der Waals surface area contributed by atoms with E-state index in [4.69, 9.17) is 0 Å². The van der Waals surface area contributed by atoms with Gasteiger partial charge in [0, 0.05) is 18.8 Å². The van der Waals surface area contributed by atoms with Crippen molar-refractivity contribution in [3.8, 4) is 0 Å². The first-order valence-electron chi connectivity index (χ1n) is 4.82. The fourth-order valence-electron chi connectivity index (χ4n) is 1.24. The molecule has 1 nitrogen and oxygen atoms in total. The second-order valence-electron chi connectivity index (χ2n) is 3.97. The van der Waals surface area contributed by atoms with E-state index >= 15 is 0 Å². The first kappa shape index (κ1) is 10.2. The molecule has 0 saturated carbocycles. The molecular weight excluding hydrogens is 157 g/mol. The minimum atomic E-state index is 0.558. The number of aryl methyl sites for hydroxylation is 1. The van der Waals surface area contributed by atoms with Crippen molar-refractivity contribution in [1.82, 2.24) is 0 Å². The van der Waals surface area contributed by atoms with Crippen LogP contribution in [-0.2, 0) is 0 Å². The molecule has 1 aromatic carbocycles. The molecule has 0 aliphatic carbocycles. The Kier molecular flexibility index (Phi) is 3.02. The standard InChI is InChI=1S/C11H18BN/c1-8(2)13(4)10-5-6-11(12)9(3)7-10/h5-8H,12H2,1-4H3. The Morgan fingerprint density at radius 2 is 1.92 bits per heavy atom. The lowest BCUT2D eigenvalue weighted by Gasteiger charge is -2.24. The van der Waals surface area contributed by atoms with Crippen molar-refractivity contribution < 1.29 is 0 Å². The summed E-state index contributed by atoms with van der Waals surface area (Å²) < 4.78 is 0. The van der Waals surface area contributed by atoms with E-state index in [1.165, 1.54) is 16.7 Å². The van der Waals surface area contributed by atoms with E-state index in [9.17, 15) is 0 Å². The van der Waals surface area contributed by atoms with Gasteiger partial charge in [-0.1, -0.05) is 17.1 Å². The zero-order chi connectivity index (χ0) is 10.0. The van der Waals surface area contributed by atoms with Gasteiger partial charge in [0.05, 0.1) is 0 Å². The molecule has 2 heteroatoms. The van der Waals surface area contributed by atoms with Crippen LogP contribution >= 0.6 is 0 Å². The maximum atomic E-state index is 2.28. The van der Waals surface area contributed by atoms with Gasteiger partial charge in [-0.2, -0.15) is 0 Å². The van der Waals surface area contributed by atoms with Crippen molar-refractivity contribution >= 4 is 19.0 Å². The summed E-state index contributed by atoms with van der Waals surface area (Å²) in [5.41, 5.74) is 4.03. The van der Waals surface area contributed by atoms with Gasteiger partial charge in [-0.25, -0.2) is 0 Å². The Morgan fingerprint density at radius 3 is 2.38 bits per heavy atom. The molecule has 0 fully saturated rings. The van der Waals surface area contributed by atoms with Crippen LogP contribution in [0.1, 0.15) is 19.4 Å². The summed E-state index contributed by atoms with van der Waals surface area (Å²) in [6.07, 6.45) is 0. The fraction of sp³-hybridized carbons (Fsp3) is 0.455. The van der Waals surface area contributed by atoms with Gasteiger partial charge in [0.25, 0.3) is 0 Å². The van der Waals surface area contributed by atoms with Crippen molar-refractivity contribution in [2.24, 2.45) is 0 Å². The normalized spacial score (nSPS) is 10.5. The molecular formula is C11H18BN. The molecule has 0 aliphatic rings. The summed E-state index contributed by atoms with van der Waals surface area (Å²) in [7, 11) is 4.28. The van der Waals surface area contributed by atoms with E-state index in [0.717, 1.165) is 0 Å². The number of nitrogens with zero attached hydrogens (tertiary/aromatic N) is 1. The molecule has 0 unspecified atom stereocenters. The van der Waals surface area contributed by atoms with E-state index in [1.807, 2.05) is 0 Å². The molecule has 0 aliphatic heterocycles. The maximum Gasteiger partial charge on any atom is 0.139 e. The monoisotopic (exact) mass is 175 g/mol. The summed E-state index contributed by atoms with van der Waals surface area (Å²) in [5.74, 6) is 0. The first-order valence-corrected chi connectivity index (χ1v) is 4.82. The molecule has 70 valence electrons. The van der Waals surface area contributed by atoms with Gasteiger partial charge in [-0.15, -0.1) is 0 Å². The third kappa shape index (κ3) is 2.27. The fourth-order valence-corrected chi connectivity index (χ4v) is 1.24. The lowest BCUT2D eigenvalue weighted by atomic mass is 9.91. The number of benzene rings is 1. The highest BCUT2D eigenvalue weighted by Crippen LogP contribution is 2.14. The summed E-state index contributed by atoms with van der Waals surface area (Å²) in [4.78, 5) is 2.28. The van der Waals surface area contributed by atoms with Crippen LogP contribution in [0.4, 0.5) is 5.69 Å².